The highest BCUT2D eigenvalue weighted by molar-refractivity contribution is 6.30. The first-order chi connectivity index (χ1) is 20.4. The molecule has 3 aromatic carbocycles. The summed E-state index contributed by atoms with van der Waals surface area (Å²) >= 11 is 6.59. The van der Waals surface area contributed by atoms with E-state index in [-0.39, 0.29) is 17.3 Å². The van der Waals surface area contributed by atoms with Crippen LogP contribution in [-0.4, -0.2) is 47.7 Å². The number of imidazole rings is 1. The van der Waals surface area contributed by atoms with Crippen molar-refractivity contribution < 1.29 is 14.6 Å². The number of aromatic nitrogens is 6. The lowest BCUT2D eigenvalue weighted by atomic mass is 9.95. The number of H-pyrrole nitrogens is 2. The van der Waals surface area contributed by atoms with Crippen LogP contribution in [0, 0.1) is 0 Å². The summed E-state index contributed by atoms with van der Waals surface area (Å²) < 4.78 is 6.02. The number of carbonyl (C=O) groups is 1. The van der Waals surface area contributed by atoms with Crippen LogP contribution >= 0.6 is 11.6 Å². The Bertz CT molecular complexity index is 1610. The molecule has 5 N–H and O–H groups in total. The number of rotatable bonds is 12. The highest BCUT2D eigenvalue weighted by atomic mass is 35.5. The predicted octanol–water partition coefficient (Wildman–Crippen LogP) is 5.36. The maximum atomic E-state index is 13.3. The number of unbranched alkanes of at least 4 members (excludes halogenated alkanes) is 1. The van der Waals surface area contributed by atoms with Crippen LogP contribution in [0.15, 0.2) is 72.8 Å². The van der Waals surface area contributed by atoms with Crippen molar-refractivity contribution in [3.8, 4) is 28.3 Å². The summed E-state index contributed by atoms with van der Waals surface area (Å²) in [4.78, 5) is 21.0. The third-order valence-electron chi connectivity index (χ3n) is 6.95. The molecule has 0 fully saturated rings. The van der Waals surface area contributed by atoms with Gasteiger partial charge in [0.05, 0.1) is 5.69 Å². The lowest BCUT2D eigenvalue weighted by molar-refractivity contribution is -0.151. The highest BCUT2D eigenvalue weighted by Crippen LogP contribution is 2.34. The molecule has 0 aliphatic heterocycles. The van der Waals surface area contributed by atoms with E-state index in [1.165, 1.54) is 0 Å². The van der Waals surface area contributed by atoms with Gasteiger partial charge in [-0.3, -0.25) is 4.79 Å². The van der Waals surface area contributed by atoms with Gasteiger partial charge in [0, 0.05) is 18.4 Å². The SMILES string of the molecule is CCCCc1nc(Cl)c([C@@H](Cc2ccc(-c3ccccc3)c(-c3nn[nH]n3)c2)OC(=O)[C@H](N)Cc2ccc(O)cc2)[nH]1. The number of aryl methyl sites for hydroxylation is 1. The standard InChI is InChI=1S/C31H32ClN7O3/c1-2-3-9-27-34-28(29(32)35-27)26(42-31(41)25(33)17-19-10-13-22(40)14-11-19)18-20-12-15-23(21-7-5-4-6-8-21)24(16-20)30-36-38-39-37-30/h4-8,10-16,25-26,40H,2-3,9,17-18,33H2,1H3,(H,34,35)(H,36,37,38,39)/t25-,26-/m1/s1. The fourth-order valence-electron chi connectivity index (χ4n) is 4.75. The molecule has 0 radical (unpaired) electrons. The molecule has 42 heavy (non-hydrogen) atoms. The Kier molecular flexibility index (Phi) is 9.25. The van der Waals surface area contributed by atoms with E-state index in [2.05, 4.69) is 37.5 Å². The number of esters is 1. The van der Waals surface area contributed by atoms with Crippen molar-refractivity contribution in [1.29, 1.82) is 0 Å². The van der Waals surface area contributed by atoms with Crippen LogP contribution in [0.3, 0.4) is 0 Å². The van der Waals surface area contributed by atoms with Gasteiger partial charge in [-0.25, -0.2) is 4.98 Å². The predicted molar refractivity (Wildman–Crippen MR) is 160 cm³/mol. The van der Waals surface area contributed by atoms with E-state index in [9.17, 15) is 9.90 Å². The molecule has 0 saturated carbocycles. The van der Waals surface area contributed by atoms with Crippen LogP contribution in [0.4, 0.5) is 0 Å². The molecule has 0 aliphatic rings. The minimum Gasteiger partial charge on any atom is -0.508 e. The van der Waals surface area contributed by atoms with Crippen LogP contribution in [0.25, 0.3) is 22.5 Å². The van der Waals surface area contributed by atoms with Gasteiger partial charge in [0.1, 0.15) is 23.7 Å². The van der Waals surface area contributed by atoms with Gasteiger partial charge in [-0.05, 0) is 58.5 Å². The Morgan fingerprint density at radius 1 is 1.02 bits per heavy atom. The Balaban J connectivity index is 1.45. The molecule has 0 spiro atoms. The second kappa shape index (κ2) is 13.4. The molecule has 0 bridgehead atoms. The minimum atomic E-state index is -0.923. The average molecular weight is 586 g/mol. The first-order valence-corrected chi connectivity index (χ1v) is 14.2. The van der Waals surface area contributed by atoms with Gasteiger partial charge >= 0.3 is 5.97 Å². The third-order valence-corrected chi connectivity index (χ3v) is 7.24. The van der Waals surface area contributed by atoms with Crippen molar-refractivity contribution in [1.82, 2.24) is 30.6 Å². The van der Waals surface area contributed by atoms with Crippen LogP contribution < -0.4 is 5.73 Å². The van der Waals surface area contributed by atoms with Gasteiger partial charge in [0.2, 0.25) is 5.82 Å². The summed E-state index contributed by atoms with van der Waals surface area (Å²) in [6, 6.07) is 21.5. The molecule has 5 aromatic rings. The molecular weight excluding hydrogens is 554 g/mol. The van der Waals surface area contributed by atoms with E-state index >= 15 is 0 Å². The summed E-state index contributed by atoms with van der Waals surface area (Å²) in [7, 11) is 0. The molecule has 0 saturated heterocycles. The summed E-state index contributed by atoms with van der Waals surface area (Å²) in [6.45, 7) is 2.10. The molecule has 2 aromatic heterocycles. The molecule has 11 heteroatoms. The number of benzene rings is 3. The zero-order chi connectivity index (χ0) is 29.5. The smallest absolute Gasteiger partial charge is 0.323 e. The number of nitrogens with zero attached hydrogens (tertiary/aromatic N) is 4. The number of hydrogen-bond donors (Lipinski definition) is 4. The first-order valence-electron chi connectivity index (χ1n) is 13.8. The van der Waals surface area contributed by atoms with E-state index in [1.807, 2.05) is 48.5 Å². The largest absolute Gasteiger partial charge is 0.508 e. The van der Waals surface area contributed by atoms with Crippen LogP contribution in [0.1, 0.15) is 48.5 Å². The Morgan fingerprint density at radius 3 is 2.50 bits per heavy atom. The van der Waals surface area contributed by atoms with Crippen molar-refractivity contribution >= 4 is 17.6 Å². The number of aromatic amines is 2. The van der Waals surface area contributed by atoms with Crippen molar-refractivity contribution in [3.63, 3.8) is 0 Å². The van der Waals surface area contributed by atoms with Crippen LogP contribution in [-0.2, 0) is 28.8 Å². The molecule has 10 nitrogen and oxygen atoms in total. The number of tetrazole rings is 1. The average Bonchev–Trinajstić information content (AvgIpc) is 3.67. The third kappa shape index (κ3) is 7.02. The first kappa shape index (κ1) is 29.0. The van der Waals surface area contributed by atoms with Crippen LogP contribution in [0.2, 0.25) is 5.15 Å². The normalized spacial score (nSPS) is 12.6. The second-order valence-corrected chi connectivity index (χ2v) is 10.4. The Morgan fingerprint density at radius 2 is 1.79 bits per heavy atom. The topological polar surface area (TPSA) is 156 Å². The lowest BCUT2D eigenvalue weighted by Gasteiger charge is -2.21. The van der Waals surface area contributed by atoms with Gasteiger partial charge in [0.15, 0.2) is 5.15 Å². The fraction of sp³-hybridized carbons (Fsp3) is 0.258. The number of phenolic OH excluding ortho intramolecular Hbond substituents is 1. The van der Waals surface area contributed by atoms with E-state index in [4.69, 9.17) is 22.1 Å². The number of carbonyl (C=O) groups excluding carboxylic acids is 1. The molecule has 2 atom stereocenters. The number of hydrogen-bond acceptors (Lipinski definition) is 8. The van der Waals surface area contributed by atoms with Crippen molar-refractivity contribution in [2.45, 2.75) is 51.2 Å². The van der Waals surface area contributed by atoms with Crippen molar-refractivity contribution in [3.05, 3.63) is 101 Å². The molecule has 5 rings (SSSR count). The highest BCUT2D eigenvalue weighted by Gasteiger charge is 2.27. The molecular formula is C31H32ClN7O3. The van der Waals surface area contributed by atoms with Gasteiger partial charge in [-0.15, -0.1) is 10.2 Å². The number of nitrogens with one attached hydrogen (secondary N) is 2. The molecule has 2 heterocycles. The van der Waals surface area contributed by atoms with Crippen molar-refractivity contribution in [2.75, 3.05) is 0 Å². The van der Waals surface area contributed by atoms with E-state index in [0.29, 0.717) is 17.9 Å². The number of halogens is 1. The molecule has 216 valence electrons. The summed E-state index contributed by atoms with van der Waals surface area (Å²) in [6.07, 6.45) is 2.44. The number of phenols is 1. The number of nitrogens with two attached hydrogens (primary N) is 1. The van der Waals surface area contributed by atoms with Gasteiger partial charge in [-0.1, -0.05) is 79.5 Å². The lowest BCUT2D eigenvalue weighted by Crippen LogP contribution is -2.35. The Labute approximate surface area is 248 Å². The molecule has 0 aliphatic carbocycles. The number of aromatic hydroxyl groups is 1. The number of ether oxygens (including phenoxy) is 1. The minimum absolute atomic E-state index is 0.140. The summed E-state index contributed by atoms with van der Waals surface area (Å²) in [5.41, 5.74) is 11.2. The summed E-state index contributed by atoms with van der Waals surface area (Å²) in [5, 5.41) is 24.5. The molecule has 0 amide bonds. The van der Waals surface area contributed by atoms with E-state index in [0.717, 1.165) is 52.9 Å². The van der Waals surface area contributed by atoms with Gasteiger partial charge in [0.25, 0.3) is 0 Å². The van der Waals surface area contributed by atoms with E-state index < -0.39 is 18.1 Å². The van der Waals surface area contributed by atoms with Crippen molar-refractivity contribution in [2.24, 2.45) is 5.73 Å². The van der Waals surface area contributed by atoms with E-state index in [1.54, 1.807) is 24.3 Å². The van der Waals surface area contributed by atoms with Crippen LogP contribution in [0.5, 0.6) is 5.75 Å². The second-order valence-electron chi connectivity index (χ2n) is 10.1. The zero-order valence-electron chi connectivity index (χ0n) is 23.1. The maximum Gasteiger partial charge on any atom is 0.323 e. The summed E-state index contributed by atoms with van der Waals surface area (Å²) in [5.74, 6) is 0.745. The van der Waals surface area contributed by atoms with Gasteiger partial charge in [-0.2, -0.15) is 5.21 Å². The quantitative estimate of drug-likeness (QED) is 0.143. The maximum absolute atomic E-state index is 13.3. The Hall–Kier alpha value is -4.54. The fourth-order valence-corrected chi connectivity index (χ4v) is 5.02. The zero-order valence-corrected chi connectivity index (χ0v) is 23.9. The van der Waals surface area contributed by atoms with Gasteiger partial charge < -0.3 is 20.6 Å². The monoisotopic (exact) mass is 585 g/mol. The molecule has 0 unspecified atom stereocenters.